The van der Waals surface area contributed by atoms with Crippen molar-refractivity contribution < 1.29 is 9.90 Å². The van der Waals surface area contributed by atoms with Crippen molar-refractivity contribution in [2.75, 3.05) is 0 Å². The summed E-state index contributed by atoms with van der Waals surface area (Å²) in [6, 6.07) is 4.94. The molecule has 17 heavy (non-hydrogen) atoms. The molecule has 0 saturated carbocycles. The fourth-order valence-corrected chi connectivity index (χ4v) is 2.02. The van der Waals surface area contributed by atoms with Crippen LogP contribution in [0, 0.1) is 13.8 Å². The summed E-state index contributed by atoms with van der Waals surface area (Å²) < 4.78 is 2.00. The highest BCUT2D eigenvalue weighted by molar-refractivity contribution is 5.74. The molecule has 2 heterocycles. The van der Waals surface area contributed by atoms with Crippen LogP contribution in [0.25, 0.3) is 5.52 Å². The molecule has 0 fully saturated rings. The molecule has 0 amide bonds. The molecule has 3 N–H and O–H groups in total. The lowest BCUT2D eigenvalue weighted by Crippen LogP contribution is -2.32. The lowest BCUT2D eigenvalue weighted by molar-refractivity contribution is -0.138. The molecule has 0 aromatic carbocycles. The Bertz CT molecular complexity index is 574. The van der Waals surface area contributed by atoms with E-state index in [0.29, 0.717) is 0 Å². The summed E-state index contributed by atoms with van der Waals surface area (Å²) >= 11 is 0. The number of carboxylic acid groups (broad SMARTS) is 1. The second-order valence-electron chi connectivity index (χ2n) is 4.14. The lowest BCUT2D eigenvalue weighted by atomic mass is 10.1. The number of aromatic nitrogens is 2. The van der Waals surface area contributed by atoms with Crippen LogP contribution in [0.5, 0.6) is 0 Å². The molecule has 5 heteroatoms. The fraction of sp³-hybridized carbons (Fsp3) is 0.333. The number of aliphatic carboxylic acids is 1. The summed E-state index contributed by atoms with van der Waals surface area (Å²) in [6.45, 7) is 3.89. The Morgan fingerprint density at radius 3 is 2.88 bits per heavy atom. The number of nitrogens with zero attached hydrogens (tertiary/aromatic N) is 2. The van der Waals surface area contributed by atoms with Gasteiger partial charge in [-0.15, -0.1) is 0 Å². The molecule has 2 aromatic rings. The van der Waals surface area contributed by atoms with Gasteiger partial charge in [0, 0.05) is 12.1 Å². The van der Waals surface area contributed by atoms with Gasteiger partial charge in [-0.2, -0.15) is 0 Å². The van der Waals surface area contributed by atoms with E-state index in [2.05, 4.69) is 4.98 Å². The first kappa shape index (κ1) is 11.6. The van der Waals surface area contributed by atoms with Crippen LogP contribution in [-0.4, -0.2) is 26.5 Å². The first-order valence-electron chi connectivity index (χ1n) is 5.42. The number of hydrogen-bond donors (Lipinski definition) is 2. The normalized spacial score (nSPS) is 12.9. The molecular formula is C12H15N3O2. The predicted molar refractivity (Wildman–Crippen MR) is 64.0 cm³/mol. The van der Waals surface area contributed by atoms with Crippen LogP contribution in [0.2, 0.25) is 0 Å². The van der Waals surface area contributed by atoms with E-state index in [4.69, 9.17) is 10.8 Å². The number of carboxylic acids is 1. The Morgan fingerprint density at radius 1 is 1.53 bits per heavy atom. The Kier molecular flexibility index (Phi) is 2.85. The molecule has 0 bridgehead atoms. The largest absolute Gasteiger partial charge is 0.480 e. The highest BCUT2D eigenvalue weighted by Crippen LogP contribution is 2.16. The van der Waals surface area contributed by atoms with Gasteiger partial charge in [-0.25, -0.2) is 4.98 Å². The minimum absolute atomic E-state index is 0.246. The first-order chi connectivity index (χ1) is 8.00. The Labute approximate surface area is 98.9 Å². The maximum atomic E-state index is 10.8. The minimum atomic E-state index is -1.00. The van der Waals surface area contributed by atoms with Crippen molar-refractivity contribution in [3.63, 3.8) is 0 Å². The van der Waals surface area contributed by atoms with Crippen molar-refractivity contribution in [1.29, 1.82) is 0 Å². The van der Waals surface area contributed by atoms with Gasteiger partial charge in [-0.1, -0.05) is 6.07 Å². The smallest absolute Gasteiger partial charge is 0.320 e. The Hall–Kier alpha value is -1.88. The third-order valence-electron chi connectivity index (χ3n) is 2.83. The van der Waals surface area contributed by atoms with Crippen LogP contribution in [0.4, 0.5) is 0 Å². The van der Waals surface area contributed by atoms with Crippen LogP contribution >= 0.6 is 0 Å². The number of fused-ring (bicyclic) bond motifs is 1. The quantitative estimate of drug-likeness (QED) is 0.825. The van der Waals surface area contributed by atoms with Gasteiger partial charge in [-0.05, 0) is 26.0 Å². The van der Waals surface area contributed by atoms with Gasteiger partial charge >= 0.3 is 5.97 Å². The van der Waals surface area contributed by atoms with E-state index in [1.165, 1.54) is 0 Å². The van der Waals surface area contributed by atoms with E-state index in [-0.39, 0.29) is 6.42 Å². The summed E-state index contributed by atoms with van der Waals surface area (Å²) in [4.78, 5) is 15.1. The zero-order valence-corrected chi connectivity index (χ0v) is 9.84. The van der Waals surface area contributed by atoms with Gasteiger partial charge in [0.1, 0.15) is 11.9 Å². The van der Waals surface area contributed by atoms with E-state index < -0.39 is 12.0 Å². The second kappa shape index (κ2) is 4.18. The number of aryl methyl sites for hydroxylation is 2. The minimum Gasteiger partial charge on any atom is -0.480 e. The molecule has 1 unspecified atom stereocenters. The van der Waals surface area contributed by atoms with Gasteiger partial charge in [0.25, 0.3) is 0 Å². The fourth-order valence-electron chi connectivity index (χ4n) is 2.02. The number of carbonyl (C=O) groups is 1. The third kappa shape index (κ3) is 2.01. The van der Waals surface area contributed by atoms with Crippen molar-refractivity contribution >= 4 is 11.5 Å². The molecule has 0 aliphatic heterocycles. The standard InChI is InChI=1S/C12H15N3O2/c1-7-4-3-5-11-10(6-9(13)12(16)17)14-8(2)15(7)11/h3-5,9H,6,13H2,1-2H3,(H,16,17). The summed E-state index contributed by atoms with van der Waals surface area (Å²) in [6.07, 6.45) is 0.246. The molecular weight excluding hydrogens is 218 g/mol. The lowest BCUT2D eigenvalue weighted by Gasteiger charge is -2.04. The number of hydrogen-bond acceptors (Lipinski definition) is 3. The van der Waals surface area contributed by atoms with E-state index in [1.54, 1.807) is 0 Å². The van der Waals surface area contributed by atoms with Crippen LogP contribution in [0.1, 0.15) is 17.2 Å². The Balaban J connectivity index is 2.49. The Morgan fingerprint density at radius 2 is 2.24 bits per heavy atom. The number of rotatable bonds is 3. The molecule has 0 aliphatic rings. The third-order valence-corrected chi connectivity index (χ3v) is 2.83. The molecule has 1 atom stereocenters. The van der Waals surface area contributed by atoms with Crippen molar-refractivity contribution in [2.45, 2.75) is 26.3 Å². The average molecular weight is 233 g/mol. The van der Waals surface area contributed by atoms with Gasteiger partial charge in [0.15, 0.2) is 0 Å². The van der Waals surface area contributed by atoms with Gasteiger partial charge in [-0.3, -0.25) is 4.79 Å². The first-order valence-corrected chi connectivity index (χ1v) is 5.42. The van der Waals surface area contributed by atoms with E-state index in [1.807, 2.05) is 36.4 Å². The number of nitrogens with two attached hydrogens (primary N) is 1. The molecule has 0 radical (unpaired) electrons. The second-order valence-corrected chi connectivity index (χ2v) is 4.14. The molecule has 5 nitrogen and oxygen atoms in total. The summed E-state index contributed by atoms with van der Waals surface area (Å²) in [5.41, 5.74) is 8.28. The molecule has 0 spiro atoms. The molecule has 0 saturated heterocycles. The zero-order chi connectivity index (χ0) is 12.6. The van der Waals surface area contributed by atoms with Gasteiger partial charge in [0.05, 0.1) is 11.2 Å². The van der Waals surface area contributed by atoms with Crippen molar-refractivity contribution in [1.82, 2.24) is 9.38 Å². The van der Waals surface area contributed by atoms with Gasteiger partial charge in [0.2, 0.25) is 0 Å². The summed E-state index contributed by atoms with van der Waals surface area (Å²) in [5.74, 6) is -0.151. The van der Waals surface area contributed by atoms with Crippen LogP contribution in [0.15, 0.2) is 18.2 Å². The maximum absolute atomic E-state index is 10.8. The number of pyridine rings is 1. The molecule has 0 aliphatic carbocycles. The van der Waals surface area contributed by atoms with Crippen LogP contribution in [0.3, 0.4) is 0 Å². The maximum Gasteiger partial charge on any atom is 0.320 e. The van der Waals surface area contributed by atoms with Gasteiger partial charge < -0.3 is 15.2 Å². The van der Waals surface area contributed by atoms with Crippen LogP contribution in [-0.2, 0) is 11.2 Å². The predicted octanol–water partition coefficient (Wildman–Crippen LogP) is 0.906. The number of imidazole rings is 1. The molecule has 90 valence electrons. The average Bonchev–Trinajstić information content (AvgIpc) is 2.57. The van der Waals surface area contributed by atoms with E-state index in [0.717, 1.165) is 22.7 Å². The summed E-state index contributed by atoms with van der Waals surface area (Å²) in [5, 5.41) is 8.82. The van der Waals surface area contributed by atoms with Crippen molar-refractivity contribution in [3.05, 3.63) is 35.4 Å². The highest BCUT2D eigenvalue weighted by Gasteiger charge is 2.17. The van der Waals surface area contributed by atoms with Crippen LogP contribution < -0.4 is 5.73 Å². The monoisotopic (exact) mass is 233 g/mol. The molecule has 2 aromatic heterocycles. The SMILES string of the molecule is Cc1cccc2c(CC(N)C(=O)O)nc(C)n12. The summed E-state index contributed by atoms with van der Waals surface area (Å²) in [7, 11) is 0. The van der Waals surface area contributed by atoms with Crippen molar-refractivity contribution in [2.24, 2.45) is 5.73 Å². The topological polar surface area (TPSA) is 80.6 Å². The highest BCUT2D eigenvalue weighted by atomic mass is 16.4. The van der Waals surface area contributed by atoms with E-state index in [9.17, 15) is 4.79 Å². The van der Waals surface area contributed by atoms with E-state index >= 15 is 0 Å². The molecule has 2 rings (SSSR count). The zero-order valence-electron chi connectivity index (χ0n) is 9.84. The van der Waals surface area contributed by atoms with Crippen molar-refractivity contribution in [3.8, 4) is 0 Å².